The lowest BCUT2D eigenvalue weighted by molar-refractivity contribution is -0.135. The Morgan fingerprint density at radius 3 is 2.39 bits per heavy atom. The minimum Gasteiger partial charge on any atom is -0.340 e. The molecule has 9 heteroatoms. The molecule has 1 N–H and O–H groups in total. The van der Waals surface area contributed by atoms with E-state index in [0.29, 0.717) is 44.7 Å². The van der Waals surface area contributed by atoms with Crippen molar-refractivity contribution in [1.29, 1.82) is 0 Å². The van der Waals surface area contributed by atoms with E-state index in [1.165, 1.54) is 41.3 Å². The molecule has 3 aromatic rings. The predicted octanol–water partition coefficient (Wildman–Crippen LogP) is 4.13. The monoisotopic (exact) mass is 538 g/mol. The quantitative estimate of drug-likeness (QED) is 0.492. The number of carbonyl (C=O) groups is 2. The summed E-state index contributed by atoms with van der Waals surface area (Å²) in [5, 5.41) is 5.36. The minimum atomic E-state index is -0.602. The molecule has 2 amide bonds. The highest BCUT2D eigenvalue weighted by atomic mass is 32.1. The van der Waals surface area contributed by atoms with Gasteiger partial charge in [-0.15, -0.1) is 11.3 Å². The normalized spacial score (nSPS) is 20.1. The van der Waals surface area contributed by atoms with Crippen LogP contribution in [0.25, 0.3) is 0 Å². The molecule has 0 saturated carbocycles. The zero-order valence-electron chi connectivity index (χ0n) is 21.2. The van der Waals surface area contributed by atoms with Crippen LogP contribution in [0, 0.1) is 11.6 Å². The lowest BCUT2D eigenvalue weighted by atomic mass is 10.1. The highest BCUT2D eigenvalue weighted by Crippen LogP contribution is 2.29. The molecule has 2 aliphatic rings. The van der Waals surface area contributed by atoms with E-state index >= 15 is 0 Å². The van der Waals surface area contributed by atoms with Gasteiger partial charge in [-0.3, -0.25) is 14.5 Å². The first-order valence-corrected chi connectivity index (χ1v) is 13.9. The third kappa shape index (κ3) is 6.28. The molecule has 5 rings (SSSR count). The Labute approximate surface area is 225 Å². The van der Waals surface area contributed by atoms with Crippen molar-refractivity contribution in [1.82, 2.24) is 20.0 Å². The van der Waals surface area contributed by atoms with Gasteiger partial charge in [0.05, 0.1) is 0 Å². The second-order valence-electron chi connectivity index (χ2n) is 9.91. The topological polar surface area (TPSA) is 55.9 Å². The van der Waals surface area contributed by atoms with Crippen LogP contribution in [0.3, 0.4) is 0 Å². The van der Waals surface area contributed by atoms with Crippen LogP contribution in [0.5, 0.6) is 0 Å². The molecule has 2 atom stereocenters. The number of hydrogen-bond acceptors (Lipinski definition) is 5. The molecule has 1 aromatic heterocycles. The van der Waals surface area contributed by atoms with Gasteiger partial charge in [-0.25, -0.2) is 8.78 Å². The van der Waals surface area contributed by atoms with Crippen molar-refractivity contribution >= 4 is 23.2 Å². The SMILES string of the molecule is O=C(C1CC(N(Cc2ccc(F)cc2)Cc2cccs2)CN1C(=O)c1ccc(F)cc1)N1CCCNCC1. The first kappa shape index (κ1) is 26.5. The molecule has 0 bridgehead atoms. The first-order valence-electron chi connectivity index (χ1n) is 13.0. The van der Waals surface area contributed by atoms with E-state index in [0.717, 1.165) is 25.1 Å². The molecule has 0 aliphatic carbocycles. The second kappa shape index (κ2) is 12.1. The third-order valence-corrected chi connectivity index (χ3v) is 8.18. The Hall–Kier alpha value is -3.14. The lowest BCUT2D eigenvalue weighted by Crippen LogP contribution is -2.48. The fourth-order valence-corrected chi connectivity index (χ4v) is 6.04. The number of halogens is 2. The molecule has 0 spiro atoms. The molecule has 2 aromatic carbocycles. The third-order valence-electron chi connectivity index (χ3n) is 7.32. The average molecular weight is 539 g/mol. The van der Waals surface area contributed by atoms with Crippen LogP contribution < -0.4 is 5.32 Å². The molecule has 2 saturated heterocycles. The predicted molar refractivity (Wildman–Crippen MR) is 144 cm³/mol. The van der Waals surface area contributed by atoms with Crippen LogP contribution >= 0.6 is 11.3 Å². The first-order chi connectivity index (χ1) is 18.5. The van der Waals surface area contributed by atoms with Crippen LogP contribution in [0.4, 0.5) is 8.78 Å². The Balaban J connectivity index is 1.43. The van der Waals surface area contributed by atoms with Gasteiger partial charge in [0.25, 0.3) is 5.91 Å². The molecule has 3 heterocycles. The smallest absolute Gasteiger partial charge is 0.254 e. The van der Waals surface area contributed by atoms with Crippen molar-refractivity contribution < 1.29 is 18.4 Å². The van der Waals surface area contributed by atoms with Crippen LogP contribution in [0.2, 0.25) is 0 Å². The van der Waals surface area contributed by atoms with E-state index in [-0.39, 0.29) is 23.7 Å². The van der Waals surface area contributed by atoms with Crippen LogP contribution in [0.15, 0.2) is 66.0 Å². The summed E-state index contributed by atoms with van der Waals surface area (Å²) in [5.41, 5.74) is 1.33. The van der Waals surface area contributed by atoms with Gasteiger partial charge in [-0.1, -0.05) is 18.2 Å². The molecular weight excluding hydrogens is 506 g/mol. The molecule has 2 fully saturated rings. The summed E-state index contributed by atoms with van der Waals surface area (Å²) >= 11 is 1.66. The standard InChI is InChI=1S/C29H32F2N4O2S/c30-23-8-4-21(5-9-23)18-34(20-26-3-1-16-38-26)25-17-27(29(37)33-14-2-12-32-13-15-33)35(19-25)28(36)22-6-10-24(31)11-7-22/h1,3-11,16,25,27,32H,2,12-15,17-20H2. The number of hydrogen-bond donors (Lipinski definition) is 1. The van der Waals surface area contributed by atoms with Gasteiger partial charge in [-0.05, 0) is 72.8 Å². The largest absolute Gasteiger partial charge is 0.340 e. The number of nitrogens with one attached hydrogen (secondary N) is 1. The van der Waals surface area contributed by atoms with Gasteiger partial charge in [0.1, 0.15) is 17.7 Å². The van der Waals surface area contributed by atoms with E-state index in [2.05, 4.69) is 16.3 Å². The van der Waals surface area contributed by atoms with Crippen molar-refractivity contribution in [2.45, 2.75) is 38.0 Å². The van der Waals surface area contributed by atoms with Crippen LogP contribution in [-0.4, -0.2) is 71.3 Å². The Kier molecular flexibility index (Phi) is 8.46. The average Bonchev–Trinajstić information content (AvgIpc) is 3.52. The van der Waals surface area contributed by atoms with Gasteiger partial charge >= 0.3 is 0 Å². The minimum absolute atomic E-state index is 0.0375. The Morgan fingerprint density at radius 2 is 1.68 bits per heavy atom. The lowest BCUT2D eigenvalue weighted by Gasteiger charge is -2.29. The Morgan fingerprint density at radius 1 is 0.947 bits per heavy atom. The number of likely N-dealkylation sites (tertiary alicyclic amines) is 1. The van der Waals surface area contributed by atoms with Crippen molar-refractivity contribution in [2.75, 3.05) is 32.7 Å². The summed E-state index contributed by atoms with van der Waals surface area (Å²) < 4.78 is 27.1. The number of nitrogens with zero attached hydrogens (tertiary/aromatic N) is 3. The molecule has 200 valence electrons. The van der Waals surface area contributed by atoms with Gasteiger partial charge in [0.15, 0.2) is 0 Å². The van der Waals surface area contributed by atoms with E-state index in [4.69, 9.17) is 0 Å². The van der Waals surface area contributed by atoms with Gasteiger partial charge in [0.2, 0.25) is 5.91 Å². The van der Waals surface area contributed by atoms with Crippen molar-refractivity contribution in [3.05, 3.63) is 93.7 Å². The fourth-order valence-electron chi connectivity index (χ4n) is 5.31. The van der Waals surface area contributed by atoms with E-state index in [1.807, 2.05) is 16.3 Å². The fraction of sp³-hybridized carbons (Fsp3) is 0.379. The number of benzene rings is 2. The number of carbonyl (C=O) groups excluding carboxylic acids is 2. The maximum atomic E-state index is 13.8. The van der Waals surface area contributed by atoms with Crippen molar-refractivity contribution in [2.24, 2.45) is 0 Å². The van der Waals surface area contributed by atoms with E-state index < -0.39 is 11.9 Å². The maximum absolute atomic E-state index is 13.8. The van der Waals surface area contributed by atoms with Crippen molar-refractivity contribution in [3.8, 4) is 0 Å². The van der Waals surface area contributed by atoms with Crippen LogP contribution in [-0.2, 0) is 17.9 Å². The molecular formula is C29H32F2N4O2S. The number of rotatable bonds is 7. The van der Waals surface area contributed by atoms with Crippen LogP contribution in [0.1, 0.15) is 33.6 Å². The number of thiophene rings is 1. The summed E-state index contributed by atoms with van der Waals surface area (Å²) in [7, 11) is 0. The Bertz CT molecular complexity index is 1210. The summed E-state index contributed by atoms with van der Waals surface area (Å²) in [6, 6.07) is 15.4. The highest BCUT2D eigenvalue weighted by molar-refractivity contribution is 7.09. The number of amides is 2. The zero-order valence-corrected chi connectivity index (χ0v) is 22.0. The van der Waals surface area contributed by atoms with Gasteiger partial charge in [-0.2, -0.15) is 0 Å². The molecule has 38 heavy (non-hydrogen) atoms. The second-order valence-corrected chi connectivity index (χ2v) is 10.9. The van der Waals surface area contributed by atoms with E-state index in [9.17, 15) is 18.4 Å². The van der Waals surface area contributed by atoms with E-state index in [1.54, 1.807) is 28.4 Å². The van der Waals surface area contributed by atoms with Gasteiger partial charge in [0, 0.05) is 55.8 Å². The van der Waals surface area contributed by atoms with Crippen molar-refractivity contribution in [3.63, 3.8) is 0 Å². The molecule has 6 nitrogen and oxygen atoms in total. The summed E-state index contributed by atoms with van der Waals surface area (Å²) in [6.07, 6.45) is 1.37. The zero-order chi connectivity index (χ0) is 26.5. The van der Waals surface area contributed by atoms with Gasteiger partial charge < -0.3 is 15.1 Å². The summed E-state index contributed by atoms with van der Waals surface area (Å²) in [4.78, 5) is 34.5. The summed E-state index contributed by atoms with van der Waals surface area (Å²) in [6.45, 7) is 4.45. The molecule has 0 radical (unpaired) electrons. The maximum Gasteiger partial charge on any atom is 0.254 e. The molecule has 2 unspecified atom stereocenters. The summed E-state index contributed by atoms with van der Waals surface area (Å²) in [5.74, 6) is -0.999. The molecule has 2 aliphatic heterocycles. The highest BCUT2D eigenvalue weighted by Gasteiger charge is 2.43.